The quantitative estimate of drug-likeness (QED) is 0.272. The van der Waals surface area contributed by atoms with E-state index in [-0.39, 0.29) is 36.4 Å². The lowest BCUT2D eigenvalue weighted by Gasteiger charge is -2.13. The zero-order chi connectivity index (χ0) is 15.5. The van der Waals surface area contributed by atoms with E-state index in [1.807, 2.05) is 0 Å². The average molecular weight is 456 g/mol. The van der Waals surface area contributed by atoms with E-state index in [4.69, 9.17) is 0 Å². The first-order valence-corrected chi connectivity index (χ1v) is 9.14. The van der Waals surface area contributed by atoms with Gasteiger partial charge in [-0.15, -0.1) is 35.3 Å². The number of hydrogen-bond acceptors (Lipinski definition) is 4. The van der Waals surface area contributed by atoms with E-state index < -0.39 is 0 Å². The van der Waals surface area contributed by atoms with E-state index in [1.54, 1.807) is 42.1 Å². The molecule has 1 amide bonds. The van der Waals surface area contributed by atoms with Crippen molar-refractivity contribution in [3.8, 4) is 0 Å². The summed E-state index contributed by atoms with van der Waals surface area (Å²) in [5, 5.41) is 8.60. The first-order valence-electron chi connectivity index (χ1n) is 6.87. The molecule has 2 N–H and O–H groups in total. The first-order chi connectivity index (χ1) is 10.1. The van der Waals surface area contributed by atoms with E-state index in [9.17, 15) is 4.79 Å². The SMILES string of the molecule is CSCCNC(=NCC(=O)N(C)C)NCCc1cccs1.I. The highest BCUT2D eigenvalue weighted by molar-refractivity contribution is 14.0. The highest BCUT2D eigenvalue weighted by Crippen LogP contribution is 2.07. The number of carbonyl (C=O) groups excluding carboxylic acids is 1. The van der Waals surface area contributed by atoms with Crippen molar-refractivity contribution >= 4 is 58.9 Å². The second kappa shape index (κ2) is 13.0. The normalized spacial score (nSPS) is 10.8. The van der Waals surface area contributed by atoms with Gasteiger partial charge in [-0.3, -0.25) is 4.79 Å². The zero-order valence-electron chi connectivity index (χ0n) is 13.3. The molecule has 0 saturated heterocycles. The molecule has 0 spiro atoms. The van der Waals surface area contributed by atoms with Gasteiger partial charge in [0.25, 0.3) is 0 Å². The summed E-state index contributed by atoms with van der Waals surface area (Å²) in [7, 11) is 3.48. The number of nitrogens with one attached hydrogen (secondary N) is 2. The smallest absolute Gasteiger partial charge is 0.243 e. The van der Waals surface area contributed by atoms with Crippen molar-refractivity contribution in [1.82, 2.24) is 15.5 Å². The minimum atomic E-state index is -0.000719. The Morgan fingerprint density at radius 3 is 2.68 bits per heavy atom. The molecule has 0 fully saturated rings. The van der Waals surface area contributed by atoms with Gasteiger partial charge in [-0.1, -0.05) is 6.07 Å². The Kier molecular flexibility index (Phi) is 12.7. The molecular formula is C14H25IN4OS2. The number of halogens is 1. The minimum Gasteiger partial charge on any atom is -0.356 e. The summed E-state index contributed by atoms with van der Waals surface area (Å²) in [5.41, 5.74) is 0. The molecule has 8 heteroatoms. The van der Waals surface area contributed by atoms with E-state index in [1.165, 1.54) is 4.88 Å². The van der Waals surface area contributed by atoms with E-state index >= 15 is 0 Å². The zero-order valence-corrected chi connectivity index (χ0v) is 17.3. The molecule has 0 atom stereocenters. The van der Waals surface area contributed by atoms with Crippen LogP contribution in [0.1, 0.15) is 4.88 Å². The number of rotatable bonds is 8. The summed E-state index contributed by atoms with van der Waals surface area (Å²) < 4.78 is 0. The molecule has 0 aliphatic rings. The number of thiophene rings is 1. The van der Waals surface area contributed by atoms with Crippen molar-refractivity contribution in [2.75, 3.05) is 45.7 Å². The number of likely N-dealkylation sites (N-methyl/N-ethyl adjacent to an activating group) is 1. The van der Waals surface area contributed by atoms with Gasteiger partial charge in [0.15, 0.2) is 5.96 Å². The summed E-state index contributed by atoms with van der Waals surface area (Å²) >= 11 is 3.53. The molecule has 1 aromatic heterocycles. The van der Waals surface area contributed by atoms with Gasteiger partial charge in [-0.05, 0) is 24.1 Å². The van der Waals surface area contributed by atoms with Crippen LogP contribution < -0.4 is 10.6 Å². The molecule has 0 radical (unpaired) electrons. The number of nitrogens with zero attached hydrogens (tertiary/aromatic N) is 2. The second-order valence-corrected chi connectivity index (χ2v) is 6.65. The highest BCUT2D eigenvalue weighted by atomic mass is 127. The van der Waals surface area contributed by atoms with Crippen LogP contribution in [0.2, 0.25) is 0 Å². The molecule has 0 aromatic carbocycles. The van der Waals surface area contributed by atoms with Gasteiger partial charge in [0.2, 0.25) is 5.91 Å². The summed E-state index contributed by atoms with van der Waals surface area (Å²) in [6, 6.07) is 4.18. The van der Waals surface area contributed by atoms with E-state index in [2.05, 4.69) is 39.4 Å². The molecule has 22 heavy (non-hydrogen) atoms. The number of carbonyl (C=O) groups is 1. The van der Waals surface area contributed by atoms with Gasteiger partial charge >= 0.3 is 0 Å². The largest absolute Gasteiger partial charge is 0.356 e. The van der Waals surface area contributed by atoms with Gasteiger partial charge in [0.1, 0.15) is 6.54 Å². The lowest BCUT2D eigenvalue weighted by molar-refractivity contribution is -0.127. The Labute approximate surface area is 158 Å². The number of aliphatic imine (C=N–C) groups is 1. The van der Waals surface area contributed by atoms with Gasteiger partial charge in [0, 0.05) is 37.8 Å². The Bertz CT molecular complexity index is 438. The van der Waals surface area contributed by atoms with Crippen LogP contribution in [0.15, 0.2) is 22.5 Å². The molecule has 1 aromatic rings. The molecule has 1 heterocycles. The Hall–Kier alpha value is -0.480. The van der Waals surface area contributed by atoms with Crippen molar-refractivity contribution in [1.29, 1.82) is 0 Å². The van der Waals surface area contributed by atoms with Crippen molar-refractivity contribution in [3.63, 3.8) is 0 Å². The fourth-order valence-electron chi connectivity index (χ4n) is 1.49. The Balaban J connectivity index is 0.00000441. The van der Waals surface area contributed by atoms with Crippen LogP contribution in [0.4, 0.5) is 0 Å². The van der Waals surface area contributed by atoms with Gasteiger partial charge in [-0.25, -0.2) is 4.99 Å². The Morgan fingerprint density at radius 1 is 1.36 bits per heavy atom. The third-order valence-corrected chi connectivity index (χ3v) is 4.26. The lowest BCUT2D eigenvalue weighted by Crippen LogP contribution is -2.40. The van der Waals surface area contributed by atoms with Crippen LogP contribution >= 0.6 is 47.1 Å². The van der Waals surface area contributed by atoms with Crippen molar-refractivity contribution in [3.05, 3.63) is 22.4 Å². The fraction of sp³-hybridized carbons (Fsp3) is 0.571. The third-order valence-electron chi connectivity index (χ3n) is 2.71. The monoisotopic (exact) mass is 456 g/mol. The van der Waals surface area contributed by atoms with E-state index in [0.717, 1.165) is 25.3 Å². The van der Waals surface area contributed by atoms with Gasteiger partial charge < -0.3 is 15.5 Å². The number of guanidine groups is 1. The molecule has 5 nitrogen and oxygen atoms in total. The topological polar surface area (TPSA) is 56.7 Å². The maximum absolute atomic E-state index is 11.6. The fourth-order valence-corrected chi connectivity index (χ4v) is 2.51. The van der Waals surface area contributed by atoms with Crippen molar-refractivity contribution in [2.24, 2.45) is 4.99 Å². The summed E-state index contributed by atoms with van der Waals surface area (Å²) in [6.45, 7) is 1.81. The Morgan fingerprint density at radius 2 is 2.09 bits per heavy atom. The summed E-state index contributed by atoms with van der Waals surface area (Å²) in [5.74, 6) is 1.71. The summed E-state index contributed by atoms with van der Waals surface area (Å²) in [4.78, 5) is 18.8. The average Bonchev–Trinajstić information content (AvgIpc) is 2.97. The third kappa shape index (κ3) is 9.52. The lowest BCUT2D eigenvalue weighted by atomic mass is 10.3. The molecule has 126 valence electrons. The maximum Gasteiger partial charge on any atom is 0.243 e. The number of thioether (sulfide) groups is 1. The summed E-state index contributed by atoms with van der Waals surface area (Å²) in [6.07, 6.45) is 3.03. The predicted molar refractivity (Wildman–Crippen MR) is 109 cm³/mol. The van der Waals surface area contributed by atoms with Crippen LogP contribution in [-0.2, 0) is 11.2 Å². The molecule has 0 bridgehead atoms. The van der Waals surface area contributed by atoms with Crippen LogP contribution in [-0.4, -0.2) is 62.5 Å². The molecular weight excluding hydrogens is 431 g/mol. The highest BCUT2D eigenvalue weighted by Gasteiger charge is 2.04. The van der Waals surface area contributed by atoms with Crippen LogP contribution in [0.3, 0.4) is 0 Å². The standard InChI is InChI=1S/C14H24N4OS2.HI/c1-18(2)13(19)11-17-14(16-8-10-20-3)15-7-6-12-5-4-9-21-12;/h4-5,9H,6-8,10-11H2,1-3H3,(H2,15,16,17);1H. The first kappa shape index (κ1) is 21.5. The second-order valence-electron chi connectivity index (χ2n) is 4.63. The number of hydrogen-bond donors (Lipinski definition) is 2. The maximum atomic E-state index is 11.6. The van der Waals surface area contributed by atoms with Crippen LogP contribution in [0.25, 0.3) is 0 Å². The molecule has 0 aliphatic heterocycles. The van der Waals surface area contributed by atoms with Gasteiger partial charge in [0.05, 0.1) is 0 Å². The van der Waals surface area contributed by atoms with Crippen molar-refractivity contribution in [2.45, 2.75) is 6.42 Å². The molecule has 0 aliphatic carbocycles. The molecule has 1 rings (SSSR count). The minimum absolute atomic E-state index is 0. The molecule has 0 saturated carbocycles. The van der Waals surface area contributed by atoms with Crippen molar-refractivity contribution < 1.29 is 4.79 Å². The molecule has 0 unspecified atom stereocenters. The van der Waals surface area contributed by atoms with Crippen LogP contribution in [0, 0.1) is 0 Å². The van der Waals surface area contributed by atoms with Crippen LogP contribution in [0.5, 0.6) is 0 Å². The van der Waals surface area contributed by atoms with Gasteiger partial charge in [-0.2, -0.15) is 11.8 Å². The number of amides is 1. The van der Waals surface area contributed by atoms with E-state index in [0.29, 0.717) is 5.96 Å². The predicted octanol–water partition coefficient (Wildman–Crippen LogP) is 1.90.